The fourth-order valence-electron chi connectivity index (χ4n) is 11.6. The number of ketones is 5. The first-order chi connectivity index (χ1) is 63.6. The molecule has 0 bridgehead atoms. The van der Waals surface area contributed by atoms with E-state index in [2.05, 4.69) is 26.6 Å². The first kappa shape index (κ1) is 107. The Labute approximate surface area is 781 Å². The zero-order chi connectivity index (χ0) is 95.8. The van der Waals surface area contributed by atoms with E-state index in [0.717, 1.165) is 114 Å². The number of unbranched alkanes of at least 4 members (excludes halogenated alkanes) is 5. The van der Waals surface area contributed by atoms with Gasteiger partial charge in [0.05, 0.1) is 28.5 Å². The zero-order valence-corrected chi connectivity index (χ0v) is 77.3. The summed E-state index contributed by atoms with van der Waals surface area (Å²) in [5, 5.41) is 15.9. The number of hydrogen-bond donors (Lipinski definition) is 5. The van der Waals surface area contributed by atoms with Crippen LogP contribution in [-0.4, -0.2) is 58.5 Å². The molecule has 10 aromatic rings. The molecule has 9 aromatic carbocycles. The van der Waals surface area contributed by atoms with Crippen LogP contribution in [0.3, 0.4) is 0 Å². The van der Waals surface area contributed by atoms with Gasteiger partial charge in [0.25, 0.3) is 0 Å². The van der Waals surface area contributed by atoms with Crippen molar-refractivity contribution in [2.75, 3.05) is 0 Å². The van der Waals surface area contributed by atoms with Crippen molar-refractivity contribution >= 4 is 142 Å². The van der Waals surface area contributed by atoms with Gasteiger partial charge in [0.1, 0.15) is 23.3 Å². The molecular formula is C111H114ClF4N5O10S. The van der Waals surface area contributed by atoms with Crippen LogP contribution < -0.4 is 26.6 Å². The van der Waals surface area contributed by atoms with Gasteiger partial charge in [-0.1, -0.05) is 265 Å². The highest BCUT2D eigenvalue weighted by Gasteiger charge is 2.18. The lowest BCUT2D eigenvalue weighted by molar-refractivity contribution is -0.120. The van der Waals surface area contributed by atoms with Crippen LogP contribution >= 0.6 is 22.9 Å². The Balaban J connectivity index is 0.000000254. The number of thiophene rings is 1. The molecule has 0 saturated carbocycles. The lowest BCUT2D eigenvalue weighted by Gasteiger charge is -2.08. The molecule has 0 aliphatic carbocycles. The lowest BCUT2D eigenvalue weighted by atomic mass is 10.1. The fraction of sp³-hybridized carbons (Fsp3) is 0.207. The van der Waals surface area contributed by atoms with Crippen LogP contribution in [0.4, 0.5) is 17.6 Å². The Hall–Kier alpha value is -14.2. The Morgan fingerprint density at radius 1 is 0.265 bits per heavy atom. The molecular weight excluding hydrogens is 1710 g/mol. The molecule has 5 N–H and O–H groups in total. The predicted octanol–water partition coefficient (Wildman–Crippen LogP) is 25.3. The lowest BCUT2D eigenvalue weighted by Crippen LogP contribution is -2.25. The van der Waals surface area contributed by atoms with E-state index in [4.69, 9.17) is 11.6 Å². The second-order valence-corrected chi connectivity index (χ2v) is 31.9. The number of benzene rings is 9. The third-order valence-electron chi connectivity index (χ3n) is 19.2. The van der Waals surface area contributed by atoms with Crippen molar-refractivity contribution in [1.29, 1.82) is 0 Å². The van der Waals surface area contributed by atoms with Gasteiger partial charge >= 0.3 is 0 Å². The van der Waals surface area contributed by atoms with E-state index < -0.39 is 5.91 Å². The molecule has 1 aromatic heterocycles. The van der Waals surface area contributed by atoms with Gasteiger partial charge in [0.15, 0.2) is 28.9 Å². The van der Waals surface area contributed by atoms with Gasteiger partial charge in [-0.05, 0) is 236 Å². The largest absolute Gasteiger partial charge is 0.319 e. The Bertz CT molecular complexity index is 5360. The first-order valence-electron chi connectivity index (χ1n) is 43.9. The van der Waals surface area contributed by atoms with Crippen LogP contribution in [0.5, 0.6) is 0 Å². The van der Waals surface area contributed by atoms with Crippen LogP contribution in [0.2, 0.25) is 5.02 Å². The highest BCUT2D eigenvalue weighted by Crippen LogP contribution is 2.20. The molecule has 0 atom stereocenters. The van der Waals surface area contributed by atoms with E-state index in [9.17, 15) is 65.5 Å². The smallest absolute Gasteiger partial charge is 0.248 e. The summed E-state index contributed by atoms with van der Waals surface area (Å²) in [5.74, 6) is -3.88. The molecule has 0 aliphatic heterocycles. The predicted molar refractivity (Wildman–Crippen MR) is 530 cm³/mol. The van der Waals surface area contributed by atoms with Gasteiger partial charge in [-0.3, -0.25) is 47.9 Å². The highest BCUT2D eigenvalue weighted by atomic mass is 35.5. The molecule has 15 nitrogen and oxygen atoms in total. The van der Waals surface area contributed by atoms with E-state index in [-0.39, 0.29) is 98.6 Å². The molecule has 0 unspecified atom stereocenters. The van der Waals surface area contributed by atoms with Crippen molar-refractivity contribution in [3.05, 3.63) is 401 Å². The minimum absolute atomic E-state index is 0.0473. The molecule has 0 aliphatic rings. The van der Waals surface area contributed by atoms with Crippen LogP contribution in [0.25, 0.3) is 60.8 Å². The second kappa shape index (κ2) is 60.6. The monoisotopic (exact) mass is 1820 g/mol. The van der Waals surface area contributed by atoms with E-state index in [1.54, 1.807) is 134 Å². The number of carbonyl (C=O) groups excluding carboxylic acids is 10. The molecule has 0 fully saturated rings. The topological polar surface area (TPSA) is 231 Å². The highest BCUT2D eigenvalue weighted by molar-refractivity contribution is 7.10. The number of nitrogens with one attached hydrogen (secondary N) is 5. The molecule has 0 saturated heterocycles. The maximum atomic E-state index is 13.1. The number of allylic oxidation sites excluding steroid dienone is 5. The summed E-state index contributed by atoms with van der Waals surface area (Å²) in [7, 11) is 0. The van der Waals surface area contributed by atoms with Crippen LogP contribution in [0, 0.1) is 44.0 Å². The molecule has 0 spiro atoms. The number of halogens is 5. The van der Waals surface area contributed by atoms with Gasteiger partial charge in [-0.25, -0.2) is 17.6 Å². The quantitative estimate of drug-likeness (QED) is 0.0180. The Morgan fingerprint density at radius 2 is 0.477 bits per heavy atom. The molecule has 684 valence electrons. The van der Waals surface area contributed by atoms with Gasteiger partial charge in [0, 0.05) is 72.4 Å². The van der Waals surface area contributed by atoms with Gasteiger partial charge in [-0.15, -0.1) is 11.3 Å². The molecule has 0 radical (unpaired) electrons. The standard InChI is InChI=1S/2C23H24FNO2.C23H25NO2.C22H21ClFNO2.C20H20FNO2S/c2*1-3-4-5-22(26)21(16-19-10-13-20(24)14-11-19)25-23(27)15-12-18-8-6-17(2)7-9-18;1-3-4-10-22(25)21(17-20-13-11-18(2)12-14-20)24-23(26)16-15-19-8-6-5-7-9-19;1-2-3-4-21(26)20(15-17-7-12-19(24)13-8-17)25-22(27)14-9-16-5-10-18(23)11-6-16;1-2-3-6-19(23)18(14-15-7-9-16(21)10-8-15)22-20(24)12-11-17-5-4-13-25-17/h2*6-16H,3-5H2,1-2H3,(H,25,27);5-9,11-17H,3-4,10H2,1-2H3,(H,24,26);5-15H,2-4H2,1H3,(H,25,27);4-5,7-14H,2-3,6H2,1H3,(H,22,24)/b2*15-12+,21-16-;16-15+,21-17-;14-9+,20-15-;12-11+,18-14-. The fourth-order valence-corrected chi connectivity index (χ4v) is 12.4. The van der Waals surface area contributed by atoms with E-state index in [1.807, 2.05) is 176 Å². The van der Waals surface area contributed by atoms with Crippen LogP contribution in [-0.2, 0) is 47.9 Å². The normalized spacial score (nSPS) is 11.6. The summed E-state index contributed by atoms with van der Waals surface area (Å²) in [6, 6.07) is 66.8. The summed E-state index contributed by atoms with van der Waals surface area (Å²) in [6.45, 7) is 16.0. The molecule has 132 heavy (non-hydrogen) atoms. The van der Waals surface area contributed by atoms with Crippen molar-refractivity contribution in [2.45, 2.75) is 152 Å². The third kappa shape index (κ3) is 44.2. The van der Waals surface area contributed by atoms with Gasteiger partial charge in [-0.2, -0.15) is 0 Å². The average molecular weight is 1820 g/mol. The number of amides is 5. The van der Waals surface area contributed by atoms with E-state index >= 15 is 0 Å². The van der Waals surface area contributed by atoms with Gasteiger partial charge < -0.3 is 26.6 Å². The summed E-state index contributed by atoms with van der Waals surface area (Å²) < 4.78 is 52.3. The van der Waals surface area contributed by atoms with E-state index in [0.29, 0.717) is 65.1 Å². The number of hydrogen-bond acceptors (Lipinski definition) is 11. The van der Waals surface area contributed by atoms with Crippen molar-refractivity contribution < 1.29 is 65.5 Å². The Kier molecular flexibility index (Phi) is 48.9. The second-order valence-electron chi connectivity index (χ2n) is 30.5. The molecule has 21 heteroatoms. The summed E-state index contributed by atoms with van der Waals surface area (Å²) in [5.41, 5.74) is 11.7. The van der Waals surface area contributed by atoms with Crippen LogP contribution in [0.15, 0.2) is 301 Å². The number of carbonyl (C=O) groups is 10. The van der Waals surface area contributed by atoms with Crippen molar-refractivity contribution in [2.24, 2.45) is 0 Å². The summed E-state index contributed by atoms with van der Waals surface area (Å²) >= 11 is 7.36. The molecule has 10 rings (SSSR count). The maximum Gasteiger partial charge on any atom is 0.248 e. The van der Waals surface area contributed by atoms with Gasteiger partial charge in [0.2, 0.25) is 29.5 Å². The summed E-state index contributed by atoms with van der Waals surface area (Å²) in [6.07, 6.45) is 33.6. The minimum atomic E-state index is -0.414. The van der Waals surface area contributed by atoms with E-state index in [1.165, 1.54) is 90.2 Å². The third-order valence-corrected chi connectivity index (χ3v) is 20.3. The number of aryl methyl sites for hydroxylation is 3. The zero-order valence-electron chi connectivity index (χ0n) is 75.7. The van der Waals surface area contributed by atoms with Crippen LogP contribution in [0.1, 0.15) is 203 Å². The number of rotatable bonds is 40. The molecule has 1 heterocycles. The Morgan fingerprint density at radius 3 is 0.705 bits per heavy atom. The minimum Gasteiger partial charge on any atom is -0.319 e. The van der Waals surface area contributed by atoms with Crippen molar-refractivity contribution in [1.82, 2.24) is 26.6 Å². The SMILES string of the molecule is CCCCC(=O)/C(=C/c1ccc(C)cc1)NC(=O)/C=C/c1ccccc1.CCCCC(=O)/C(=C/c1ccc(F)cc1)NC(=O)/C=C/c1ccc(C)cc1.CCCCC(=O)/C(=C/c1ccc(F)cc1)NC(=O)/C=C/c1ccc(C)cc1.CCCCC(=O)/C(=C/c1ccc(F)cc1)NC(=O)/C=C/c1ccc(Cl)cc1.CCCCC(=O)/C(=C/c1ccc(F)cc1)NC(=O)/C=C/c1cccs1. The van der Waals surface area contributed by atoms with Crippen molar-refractivity contribution in [3.8, 4) is 0 Å². The average Bonchev–Trinajstić information content (AvgIpc) is 1.46. The first-order valence-corrected chi connectivity index (χ1v) is 45.1. The maximum absolute atomic E-state index is 13.1. The number of Topliss-reactive ketones (excluding diaryl/α,β-unsaturated/α-hetero) is 5. The summed E-state index contributed by atoms with van der Waals surface area (Å²) in [4.78, 5) is 124. The molecule has 5 amide bonds. The van der Waals surface area contributed by atoms with Crippen molar-refractivity contribution in [3.63, 3.8) is 0 Å².